The fourth-order valence-corrected chi connectivity index (χ4v) is 4.50. The smallest absolute Gasteiger partial charge is 0.264 e. The third-order valence-electron chi connectivity index (χ3n) is 5.56. The number of carbonyl (C=O) groups is 1. The molecule has 1 amide bonds. The minimum atomic E-state index is 0.0409. The van der Waals surface area contributed by atoms with Crippen LogP contribution in [0.25, 0.3) is 0 Å². The van der Waals surface area contributed by atoms with Gasteiger partial charge in [-0.25, -0.2) is 4.98 Å². The minimum absolute atomic E-state index is 0.0409. The fraction of sp³-hybridized carbons (Fsp3) is 0.348. The van der Waals surface area contributed by atoms with Crippen LogP contribution in [0, 0.1) is 6.92 Å². The van der Waals surface area contributed by atoms with Crippen molar-refractivity contribution in [2.45, 2.75) is 19.9 Å². The molecule has 0 aliphatic carbocycles. The fourth-order valence-electron chi connectivity index (χ4n) is 3.81. The van der Waals surface area contributed by atoms with Crippen LogP contribution < -0.4 is 9.64 Å². The third-order valence-corrected chi connectivity index (χ3v) is 6.42. The van der Waals surface area contributed by atoms with Crippen LogP contribution in [0.3, 0.4) is 0 Å². The summed E-state index contributed by atoms with van der Waals surface area (Å²) >= 11 is 1.46. The van der Waals surface area contributed by atoms with Crippen LogP contribution in [0.15, 0.2) is 41.8 Å². The lowest BCUT2D eigenvalue weighted by Crippen LogP contribution is -2.39. The zero-order chi connectivity index (χ0) is 21.2. The summed E-state index contributed by atoms with van der Waals surface area (Å²) in [5.41, 5.74) is 3.00. The summed E-state index contributed by atoms with van der Waals surface area (Å²) in [4.78, 5) is 27.3. The molecule has 2 aliphatic heterocycles. The summed E-state index contributed by atoms with van der Waals surface area (Å²) in [5, 5.41) is 1.93. The van der Waals surface area contributed by atoms with E-state index in [1.165, 1.54) is 16.9 Å². The van der Waals surface area contributed by atoms with Crippen molar-refractivity contribution < 1.29 is 14.3 Å². The summed E-state index contributed by atoms with van der Waals surface area (Å²) in [7, 11) is 0. The first-order valence-corrected chi connectivity index (χ1v) is 11.3. The van der Waals surface area contributed by atoms with E-state index in [1.54, 1.807) is 0 Å². The van der Waals surface area contributed by atoms with Gasteiger partial charge in [0.25, 0.3) is 5.91 Å². The van der Waals surface area contributed by atoms with E-state index in [1.807, 2.05) is 53.6 Å². The van der Waals surface area contributed by atoms with Crippen LogP contribution in [-0.4, -0.2) is 53.6 Å². The monoisotopic (exact) mass is 436 g/mol. The topological polar surface area (TPSA) is 67.8 Å². The van der Waals surface area contributed by atoms with Gasteiger partial charge >= 0.3 is 0 Å². The molecular weight excluding hydrogens is 412 g/mol. The standard InChI is InChI=1S/C23H24N4O3S/c1-16-4-6-17(7-5-16)30-21-18-15-27(22(28)20-3-2-14-31-20)9-8-19(18)24-23(25-21)26-10-12-29-13-11-26/h2-7,14H,8-13,15H2,1H3. The summed E-state index contributed by atoms with van der Waals surface area (Å²) in [6.45, 7) is 5.96. The maximum absolute atomic E-state index is 12.9. The maximum Gasteiger partial charge on any atom is 0.264 e. The van der Waals surface area contributed by atoms with Crippen LogP contribution in [0.1, 0.15) is 26.5 Å². The van der Waals surface area contributed by atoms with Gasteiger partial charge in [-0.2, -0.15) is 4.98 Å². The number of carbonyl (C=O) groups excluding carboxylic acids is 1. The molecule has 0 atom stereocenters. The van der Waals surface area contributed by atoms with E-state index in [0.29, 0.717) is 44.6 Å². The Kier molecular flexibility index (Phi) is 5.57. The van der Waals surface area contributed by atoms with Crippen molar-refractivity contribution in [2.24, 2.45) is 0 Å². The second-order valence-electron chi connectivity index (χ2n) is 7.72. The van der Waals surface area contributed by atoms with Crippen molar-refractivity contribution in [1.82, 2.24) is 14.9 Å². The molecule has 7 nitrogen and oxygen atoms in total. The number of benzene rings is 1. The van der Waals surface area contributed by atoms with Gasteiger partial charge < -0.3 is 19.3 Å². The molecule has 8 heteroatoms. The van der Waals surface area contributed by atoms with E-state index >= 15 is 0 Å². The minimum Gasteiger partial charge on any atom is -0.438 e. The SMILES string of the molecule is Cc1ccc(Oc2nc(N3CCOCC3)nc3c2CN(C(=O)c2cccs2)CC3)cc1. The summed E-state index contributed by atoms with van der Waals surface area (Å²) < 4.78 is 11.7. The number of ether oxygens (including phenoxy) is 2. The number of morpholine rings is 1. The first-order valence-electron chi connectivity index (χ1n) is 10.5. The van der Waals surface area contributed by atoms with E-state index in [-0.39, 0.29) is 5.91 Å². The van der Waals surface area contributed by atoms with Crippen molar-refractivity contribution in [2.75, 3.05) is 37.7 Å². The Morgan fingerprint density at radius 2 is 1.90 bits per heavy atom. The van der Waals surface area contributed by atoms with Crippen LogP contribution in [0.4, 0.5) is 5.95 Å². The number of rotatable bonds is 4. The molecule has 0 N–H and O–H groups in total. The van der Waals surface area contributed by atoms with Gasteiger partial charge in [-0.1, -0.05) is 23.8 Å². The molecule has 2 aliphatic rings. The van der Waals surface area contributed by atoms with E-state index in [2.05, 4.69) is 4.90 Å². The molecule has 0 bridgehead atoms. The molecule has 4 heterocycles. The van der Waals surface area contributed by atoms with Crippen LogP contribution in [0.5, 0.6) is 11.6 Å². The number of aromatic nitrogens is 2. The Bertz CT molecular complexity index is 1060. The Hall–Kier alpha value is -2.97. The molecule has 0 spiro atoms. The lowest BCUT2D eigenvalue weighted by atomic mass is 10.1. The van der Waals surface area contributed by atoms with Crippen LogP contribution in [0.2, 0.25) is 0 Å². The second-order valence-corrected chi connectivity index (χ2v) is 8.67. The van der Waals surface area contributed by atoms with Gasteiger partial charge in [-0.05, 0) is 30.5 Å². The molecule has 0 saturated carbocycles. The lowest BCUT2D eigenvalue weighted by molar-refractivity contribution is 0.0736. The quantitative estimate of drug-likeness (QED) is 0.622. The molecule has 0 radical (unpaired) electrons. The maximum atomic E-state index is 12.9. The predicted octanol–water partition coefficient (Wildman–Crippen LogP) is 3.67. The van der Waals surface area contributed by atoms with E-state index in [4.69, 9.17) is 19.4 Å². The molecule has 0 unspecified atom stereocenters. The summed E-state index contributed by atoms with van der Waals surface area (Å²) in [6, 6.07) is 11.7. The number of amides is 1. The molecule has 31 heavy (non-hydrogen) atoms. The zero-order valence-electron chi connectivity index (χ0n) is 17.4. The first-order chi connectivity index (χ1) is 15.2. The van der Waals surface area contributed by atoms with Gasteiger partial charge in [0.1, 0.15) is 5.75 Å². The van der Waals surface area contributed by atoms with Gasteiger partial charge in [-0.15, -0.1) is 11.3 Å². The van der Waals surface area contributed by atoms with Gasteiger partial charge in [0, 0.05) is 26.1 Å². The highest BCUT2D eigenvalue weighted by Crippen LogP contribution is 2.32. The lowest BCUT2D eigenvalue weighted by Gasteiger charge is -2.31. The molecule has 1 fully saturated rings. The molecular formula is C23H24N4O3S. The molecule has 1 saturated heterocycles. The average Bonchev–Trinajstić information content (AvgIpc) is 3.35. The van der Waals surface area contributed by atoms with E-state index in [9.17, 15) is 4.79 Å². The molecule has 160 valence electrons. The summed E-state index contributed by atoms with van der Waals surface area (Å²) in [5.74, 6) is 1.96. The Morgan fingerprint density at radius 3 is 2.65 bits per heavy atom. The van der Waals surface area contributed by atoms with Crippen molar-refractivity contribution >= 4 is 23.2 Å². The van der Waals surface area contributed by atoms with Crippen molar-refractivity contribution in [1.29, 1.82) is 0 Å². The van der Waals surface area contributed by atoms with Crippen molar-refractivity contribution in [3.05, 3.63) is 63.5 Å². The Labute approximate surface area is 185 Å². The van der Waals surface area contributed by atoms with E-state index in [0.717, 1.165) is 35.0 Å². The third kappa shape index (κ3) is 4.26. The molecule has 2 aromatic heterocycles. The number of hydrogen-bond acceptors (Lipinski definition) is 7. The summed E-state index contributed by atoms with van der Waals surface area (Å²) in [6.07, 6.45) is 0.677. The van der Waals surface area contributed by atoms with Crippen LogP contribution in [-0.2, 0) is 17.7 Å². The number of fused-ring (bicyclic) bond motifs is 1. The van der Waals surface area contributed by atoms with Gasteiger partial charge in [0.2, 0.25) is 11.8 Å². The van der Waals surface area contributed by atoms with Gasteiger partial charge in [-0.3, -0.25) is 4.79 Å². The van der Waals surface area contributed by atoms with Gasteiger partial charge in [0.15, 0.2) is 0 Å². The normalized spacial score (nSPS) is 16.2. The van der Waals surface area contributed by atoms with E-state index < -0.39 is 0 Å². The van der Waals surface area contributed by atoms with Crippen molar-refractivity contribution in [3.63, 3.8) is 0 Å². The second kappa shape index (κ2) is 8.64. The number of aryl methyl sites for hydroxylation is 1. The number of thiophene rings is 1. The molecule has 3 aromatic rings. The number of hydrogen-bond donors (Lipinski definition) is 0. The Morgan fingerprint density at radius 1 is 1.10 bits per heavy atom. The zero-order valence-corrected chi connectivity index (χ0v) is 18.2. The highest BCUT2D eigenvalue weighted by molar-refractivity contribution is 7.12. The highest BCUT2D eigenvalue weighted by atomic mass is 32.1. The average molecular weight is 437 g/mol. The van der Waals surface area contributed by atoms with Crippen molar-refractivity contribution in [3.8, 4) is 11.6 Å². The highest BCUT2D eigenvalue weighted by Gasteiger charge is 2.29. The molecule has 5 rings (SSSR count). The number of anilines is 1. The molecule has 1 aromatic carbocycles. The number of nitrogens with zero attached hydrogens (tertiary/aromatic N) is 4. The largest absolute Gasteiger partial charge is 0.438 e. The first kappa shape index (κ1) is 20.0. The van der Waals surface area contributed by atoms with Gasteiger partial charge in [0.05, 0.1) is 35.9 Å². The Balaban J connectivity index is 1.49. The predicted molar refractivity (Wildman–Crippen MR) is 119 cm³/mol. The van der Waals surface area contributed by atoms with Crippen LogP contribution >= 0.6 is 11.3 Å².